The lowest BCUT2D eigenvalue weighted by atomic mass is 10.1. The lowest BCUT2D eigenvalue weighted by Gasteiger charge is -2.14. The van der Waals surface area contributed by atoms with Gasteiger partial charge in [-0.25, -0.2) is 0 Å². The van der Waals surface area contributed by atoms with Crippen LogP contribution >= 0.6 is 15.9 Å². The van der Waals surface area contributed by atoms with E-state index in [1.807, 2.05) is 20.8 Å². The number of anilines is 1. The second kappa shape index (κ2) is 7.28. The van der Waals surface area contributed by atoms with Gasteiger partial charge in [-0.3, -0.25) is 9.59 Å². The van der Waals surface area contributed by atoms with Gasteiger partial charge in [0, 0.05) is 17.8 Å². The summed E-state index contributed by atoms with van der Waals surface area (Å²) in [6.07, 6.45) is 0. The lowest BCUT2D eigenvalue weighted by Crippen LogP contribution is -2.27. The molecule has 104 valence electrons. The Morgan fingerprint density at radius 1 is 1.21 bits per heavy atom. The first kappa shape index (κ1) is 15.7. The molecule has 0 fully saturated rings. The number of halogens is 1. The summed E-state index contributed by atoms with van der Waals surface area (Å²) >= 11 is 3.35. The highest BCUT2D eigenvalue weighted by Crippen LogP contribution is 2.16. The number of benzene rings is 1. The normalized spacial score (nSPS) is 12.1. The number of alkyl halides is 1. The van der Waals surface area contributed by atoms with Gasteiger partial charge in [0.25, 0.3) is 5.91 Å². The average molecular weight is 327 g/mol. The highest BCUT2D eigenvalue weighted by atomic mass is 79.9. The van der Waals surface area contributed by atoms with Crippen LogP contribution in [0.5, 0.6) is 0 Å². The van der Waals surface area contributed by atoms with Gasteiger partial charge >= 0.3 is 0 Å². The van der Waals surface area contributed by atoms with Crippen molar-refractivity contribution < 1.29 is 9.59 Å². The maximum Gasteiger partial charge on any atom is 0.251 e. The summed E-state index contributed by atoms with van der Waals surface area (Å²) in [7, 11) is 0. The van der Waals surface area contributed by atoms with E-state index < -0.39 is 0 Å². The Hall–Kier alpha value is -1.36. The molecule has 0 spiro atoms. The summed E-state index contributed by atoms with van der Waals surface area (Å²) in [5.41, 5.74) is 1.27. The van der Waals surface area contributed by atoms with E-state index >= 15 is 0 Å². The van der Waals surface area contributed by atoms with Crippen molar-refractivity contribution in [3.63, 3.8) is 0 Å². The molecule has 2 N–H and O–H groups in total. The number of carbonyl (C=O) groups excluding carboxylic acids is 2. The predicted molar refractivity (Wildman–Crippen MR) is 80.6 cm³/mol. The summed E-state index contributed by atoms with van der Waals surface area (Å²) in [6.45, 7) is 6.40. The van der Waals surface area contributed by atoms with Gasteiger partial charge in [-0.15, -0.1) is 0 Å². The highest BCUT2D eigenvalue weighted by Gasteiger charge is 2.18. The van der Waals surface area contributed by atoms with Crippen LogP contribution < -0.4 is 10.6 Å². The third-order valence-corrected chi connectivity index (χ3v) is 4.06. The second-order valence-corrected chi connectivity index (χ2v) is 5.56. The average Bonchev–Trinajstić information content (AvgIpc) is 2.38. The molecule has 0 aliphatic heterocycles. The molecule has 0 aliphatic carbocycles. The molecule has 5 heteroatoms. The third-order valence-electron chi connectivity index (χ3n) is 2.59. The van der Waals surface area contributed by atoms with Gasteiger partial charge in [0.05, 0.1) is 4.83 Å². The Morgan fingerprint density at radius 2 is 1.79 bits per heavy atom. The molecule has 2 amide bonds. The topological polar surface area (TPSA) is 58.2 Å². The van der Waals surface area contributed by atoms with Gasteiger partial charge in [0.15, 0.2) is 0 Å². The first-order valence-corrected chi connectivity index (χ1v) is 7.20. The molecule has 0 bridgehead atoms. The van der Waals surface area contributed by atoms with E-state index in [0.717, 1.165) is 0 Å². The molecule has 0 saturated heterocycles. The van der Waals surface area contributed by atoms with Crippen LogP contribution in [0.15, 0.2) is 24.3 Å². The van der Waals surface area contributed by atoms with Crippen LogP contribution in [0.1, 0.15) is 31.1 Å². The van der Waals surface area contributed by atoms with Gasteiger partial charge in [-0.2, -0.15) is 0 Å². The number of nitrogens with one attached hydrogen (secondary N) is 2. The van der Waals surface area contributed by atoms with E-state index in [1.54, 1.807) is 24.3 Å². The zero-order valence-corrected chi connectivity index (χ0v) is 13.0. The van der Waals surface area contributed by atoms with E-state index in [0.29, 0.717) is 17.8 Å². The highest BCUT2D eigenvalue weighted by molar-refractivity contribution is 9.10. The van der Waals surface area contributed by atoms with Crippen molar-refractivity contribution in [3.05, 3.63) is 29.8 Å². The van der Waals surface area contributed by atoms with Crippen molar-refractivity contribution in [2.45, 2.75) is 25.6 Å². The van der Waals surface area contributed by atoms with E-state index in [2.05, 4.69) is 26.6 Å². The standard InChI is InChI=1S/C14H19BrN2O2/c1-4-16-13(18)10-5-7-11(8-6-10)17-14(19)12(15)9(2)3/h5-9,12H,4H2,1-3H3,(H,16,18)(H,17,19). The Morgan fingerprint density at radius 3 is 2.26 bits per heavy atom. The minimum atomic E-state index is -0.226. The first-order valence-electron chi connectivity index (χ1n) is 6.29. The quantitative estimate of drug-likeness (QED) is 0.817. The Kier molecular flexibility index (Phi) is 6.02. The molecule has 4 nitrogen and oxygen atoms in total. The van der Waals surface area contributed by atoms with Crippen molar-refractivity contribution in [1.82, 2.24) is 5.32 Å². The predicted octanol–water partition coefficient (Wildman–Crippen LogP) is 2.79. The smallest absolute Gasteiger partial charge is 0.251 e. The molecular weight excluding hydrogens is 308 g/mol. The minimum Gasteiger partial charge on any atom is -0.352 e. The molecule has 0 aromatic heterocycles. The molecule has 1 rings (SSSR count). The Balaban J connectivity index is 2.67. The van der Waals surface area contributed by atoms with Gasteiger partial charge in [0.2, 0.25) is 5.91 Å². The summed E-state index contributed by atoms with van der Waals surface area (Å²) in [4.78, 5) is 23.2. The van der Waals surface area contributed by atoms with E-state index in [4.69, 9.17) is 0 Å². The Bertz CT molecular complexity index is 443. The number of rotatable bonds is 5. The number of carbonyl (C=O) groups is 2. The fraction of sp³-hybridized carbons (Fsp3) is 0.429. The molecule has 0 heterocycles. The largest absolute Gasteiger partial charge is 0.352 e. The molecule has 19 heavy (non-hydrogen) atoms. The van der Waals surface area contributed by atoms with Gasteiger partial charge in [-0.05, 0) is 37.1 Å². The first-order chi connectivity index (χ1) is 8.95. The van der Waals surface area contributed by atoms with Crippen LogP contribution in [0.4, 0.5) is 5.69 Å². The molecular formula is C14H19BrN2O2. The van der Waals surface area contributed by atoms with Gasteiger partial charge < -0.3 is 10.6 Å². The zero-order valence-electron chi connectivity index (χ0n) is 11.4. The van der Waals surface area contributed by atoms with Crippen LogP contribution in [0.2, 0.25) is 0 Å². The number of amides is 2. The number of hydrogen-bond acceptors (Lipinski definition) is 2. The zero-order chi connectivity index (χ0) is 14.4. The van der Waals surface area contributed by atoms with Crippen LogP contribution in [0.3, 0.4) is 0 Å². The fourth-order valence-electron chi connectivity index (χ4n) is 1.48. The maximum atomic E-state index is 11.8. The van der Waals surface area contributed by atoms with Crippen molar-refractivity contribution >= 4 is 33.4 Å². The van der Waals surface area contributed by atoms with E-state index in [9.17, 15) is 9.59 Å². The lowest BCUT2D eigenvalue weighted by molar-refractivity contribution is -0.116. The summed E-state index contributed by atoms with van der Waals surface area (Å²) < 4.78 is 0. The fourth-order valence-corrected chi connectivity index (χ4v) is 1.60. The molecule has 0 saturated carbocycles. The van der Waals surface area contributed by atoms with Crippen LogP contribution in [-0.2, 0) is 4.79 Å². The summed E-state index contributed by atoms with van der Waals surface area (Å²) in [6, 6.07) is 6.84. The van der Waals surface area contributed by atoms with Gasteiger partial charge in [0.1, 0.15) is 0 Å². The van der Waals surface area contributed by atoms with Crippen molar-refractivity contribution in [2.24, 2.45) is 5.92 Å². The Labute approximate surface area is 122 Å². The van der Waals surface area contributed by atoms with Crippen LogP contribution in [0.25, 0.3) is 0 Å². The van der Waals surface area contributed by atoms with Crippen molar-refractivity contribution in [3.8, 4) is 0 Å². The van der Waals surface area contributed by atoms with Crippen molar-refractivity contribution in [2.75, 3.05) is 11.9 Å². The SMILES string of the molecule is CCNC(=O)c1ccc(NC(=O)C(Br)C(C)C)cc1. The molecule has 1 aromatic rings. The number of hydrogen-bond donors (Lipinski definition) is 2. The summed E-state index contributed by atoms with van der Waals surface area (Å²) in [5, 5.41) is 5.53. The summed E-state index contributed by atoms with van der Waals surface area (Å²) in [5.74, 6) is 0.0243. The molecule has 1 unspecified atom stereocenters. The minimum absolute atomic E-state index is 0.0826. The van der Waals surface area contributed by atoms with Crippen LogP contribution in [-0.4, -0.2) is 23.2 Å². The molecule has 1 atom stereocenters. The monoisotopic (exact) mass is 326 g/mol. The second-order valence-electron chi connectivity index (χ2n) is 4.57. The van der Waals surface area contributed by atoms with E-state index in [1.165, 1.54) is 0 Å². The van der Waals surface area contributed by atoms with E-state index in [-0.39, 0.29) is 22.6 Å². The van der Waals surface area contributed by atoms with Crippen LogP contribution in [0, 0.1) is 5.92 Å². The van der Waals surface area contributed by atoms with Crippen molar-refractivity contribution in [1.29, 1.82) is 0 Å². The molecule has 1 aromatic carbocycles. The maximum absolute atomic E-state index is 11.8. The van der Waals surface area contributed by atoms with Gasteiger partial charge in [-0.1, -0.05) is 29.8 Å². The molecule has 0 aliphatic rings. The third kappa shape index (κ3) is 4.67. The molecule has 0 radical (unpaired) electrons.